The molecule has 0 radical (unpaired) electrons. The van der Waals surface area contributed by atoms with E-state index in [1.165, 1.54) is 44.9 Å². The zero-order valence-corrected chi connectivity index (χ0v) is 15.1. The van der Waals surface area contributed by atoms with Crippen LogP contribution in [0.5, 0.6) is 0 Å². The van der Waals surface area contributed by atoms with Gasteiger partial charge in [0.1, 0.15) is 0 Å². The first-order valence-corrected chi connectivity index (χ1v) is 10.2. The lowest BCUT2D eigenvalue weighted by molar-refractivity contribution is -0.125. The quantitative estimate of drug-likeness (QED) is 0.836. The monoisotopic (exact) mass is 329 g/mol. The average Bonchev–Trinajstić information content (AvgIpc) is 3.31. The second-order valence-corrected chi connectivity index (χ2v) is 9.66. The summed E-state index contributed by atoms with van der Waals surface area (Å²) in [5.41, 5.74) is 0.558. The lowest BCUT2D eigenvalue weighted by Gasteiger charge is -2.58. The first-order chi connectivity index (χ1) is 11.5. The number of amides is 1. The van der Waals surface area contributed by atoms with Gasteiger partial charge in [-0.15, -0.1) is 0 Å². The minimum Gasteiger partial charge on any atom is -0.374 e. The standard InChI is InChI=1S/C21H31NO2/c1-20-12-10-19(23)22-17(20)7-5-14-15-6-8-18(24-13-3-4-13)21(15,2)11-9-16(14)20/h10,12-18H,3-9,11H2,1-2H3,(H,22,23)/t14?,15?,16?,17-,18+,20?,21?/m1/s1. The Morgan fingerprint density at radius 3 is 2.67 bits per heavy atom. The highest BCUT2D eigenvalue weighted by atomic mass is 16.5. The van der Waals surface area contributed by atoms with Crippen molar-refractivity contribution in [2.75, 3.05) is 0 Å². The molecule has 1 N–H and O–H groups in total. The van der Waals surface area contributed by atoms with Gasteiger partial charge in [0.05, 0.1) is 12.2 Å². The molecule has 4 saturated carbocycles. The van der Waals surface area contributed by atoms with Crippen molar-refractivity contribution >= 4 is 5.91 Å². The Hall–Kier alpha value is -0.830. The molecule has 24 heavy (non-hydrogen) atoms. The molecular weight excluding hydrogens is 298 g/mol. The van der Waals surface area contributed by atoms with Gasteiger partial charge in [0, 0.05) is 11.5 Å². The summed E-state index contributed by atoms with van der Waals surface area (Å²) in [4.78, 5) is 11.8. The first kappa shape index (κ1) is 15.4. The third-order valence-corrected chi connectivity index (χ3v) is 8.48. The van der Waals surface area contributed by atoms with E-state index in [4.69, 9.17) is 4.74 Å². The maximum atomic E-state index is 11.8. The van der Waals surface area contributed by atoms with E-state index < -0.39 is 0 Å². The number of hydrogen-bond donors (Lipinski definition) is 1. The minimum atomic E-state index is 0.107. The molecule has 5 aliphatic rings. The minimum absolute atomic E-state index is 0.107. The molecule has 3 heteroatoms. The number of nitrogens with one attached hydrogen (secondary N) is 1. The number of ether oxygens (including phenoxy) is 1. The molecule has 0 aromatic carbocycles. The summed E-state index contributed by atoms with van der Waals surface area (Å²) in [7, 11) is 0. The summed E-state index contributed by atoms with van der Waals surface area (Å²) in [6, 6.07) is 0.348. The van der Waals surface area contributed by atoms with E-state index in [-0.39, 0.29) is 11.3 Å². The van der Waals surface area contributed by atoms with Crippen LogP contribution in [0.4, 0.5) is 0 Å². The molecule has 3 nitrogen and oxygen atoms in total. The van der Waals surface area contributed by atoms with Crippen molar-refractivity contribution in [1.82, 2.24) is 5.32 Å². The van der Waals surface area contributed by atoms with E-state index in [0.29, 0.717) is 23.7 Å². The highest BCUT2D eigenvalue weighted by Gasteiger charge is 2.60. The molecule has 1 heterocycles. The Morgan fingerprint density at radius 1 is 1.04 bits per heavy atom. The van der Waals surface area contributed by atoms with Crippen LogP contribution in [0, 0.1) is 28.6 Å². The van der Waals surface area contributed by atoms with Gasteiger partial charge >= 0.3 is 0 Å². The number of carbonyl (C=O) groups excluding carboxylic acids is 1. The van der Waals surface area contributed by atoms with Crippen LogP contribution in [-0.4, -0.2) is 24.2 Å². The van der Waals surface area contributed by atoms with Crippen molar-refractivity contribution in [1.29, 1.82) is 0 Å². The first-order valence-electron chi connectivity index (χ1n) is 10.2. The predicted molar refractivity (Wildman–Crippen MR) is 93.4 cm³/mol. The Morgan fingerprint density at radius 2 is 1.88 bits per heavy atom. The van der Waals surface area contributed by atoms with Gasteiger partial charge in [0.2, 0.25) is 5.91 Å². The van der Waals surface area contributed by atoms with Crippen LogP contribution in [0.1, 0.15) is 65.2 Å². The molecule has 0 aromatic heterocycles. The molecule has 0 spiro atoms. The van der Waals surface area contributed by atoms with Crippen molar-refractivity contribution in [3.05, 3.63) is 12.2 Å². The molecular formula is C21H31NO2. The fourth-order valence-corrected chi connectivity index (χ4v) is 6.95. The number of hydrogen-bond acceptors (Lipinski definition) is 2. The third-order valence-electron chi connectivity index (χ3n) is 8.48. The maximum absolute atomic E-state index is 11.8. The molecule has 5 rings (SSSR count). The lowest BCUT2D eigenvalue weighted by atomic mass is 9.48. The van der Waals surface area contributed by atoms with Gasteiger partial charge in [-0.2, -0.15) is 0 Å². The fourth-order valence-electron chi connectivity index (χ4n) is 6.95. The Labute approximate surface area is 145 Å². The van der Waals surface area contributed by atoms with Crippen LogP contribution in [0.25, 0.3) is 0 Å². The van der Waals surface area contributed by atoms with Crippen LogP contribution in [-0.2, 0) is 9.53 Å². The number of fused-ring (bicyclic) bond motifs is 5. The Balaban J connectivity index is 1.42. The SMILES string of the molecule is CC12C=CC(=O)N[C@@H]1CCC1C2CCC2(C)C1CC[C@@H]2OC1CC1. The molecule has 0 saturated heterocycles. The van der Waals surface area contributed by atoms with Crippen molar-refractivity contribution in [3.8, 4) is 0 Å². The maximum Gasteiger partial charge on any atom is 0.243 e. The van der Waals surface area contributed by atoms with Crippen molar-refractivity contribution in [2.24, 2.45) is 28.6 Å². The predicted octanol–water partition coefficient (Wildman–Crippen LogP) is 3.83. The summed E-state index contributed by atoms with van der Waals surface area (Å²) in [5, 5.41) is 3.25. The van der Waals surface area contributed by atoms with Crippen LogP contribution in [0.3, 0.4) is 0 Å². The number of carbonyl (C=O) groups is 1. The van der Waals surface area contributed by atoms with E-state index in [1.54, 1.807) is 6.08 Å². The summed E-state index contributed by atoms with van der Waals surface area (Å²) in [5.74, 6) is 2.47. The van der Waals surface area contributed by atoms with Gasteiger partial charge in [-0.1, -0.05) is 19.9 Å². The summed E-state index contributed by atoms with van der Waals surface area (Å²) in [6.07, 6.45) is 15.4. The zero-order valence-electron chi connectivity index (χ0n) is 15.1. The summed E-state index contributed by atoms with van der Waals surface area (Å²) >= 11 is 0. The smallest absolute Gasteiger partial charge is 0.243 e. The van der Waals surface area contributed by atoms with E-state index in [9.17, 15) is 4.79 Å². The van der Waals surface area contributed by atoms with Gasteiger partial charge < -0.3 is 10.1 Å². The highest BCUT2D eigenvalue weighted by molar-refractivity contribution is 5.89. The molecule has 0 aromatic rings. The largest absolute Gasteiger partial charge is 0.374 e. The molecule has 132 valence electrons. The summed E-state index contributed by atoms with van der Waals surface area (Å²) in [6.45, 7) is 4.93. The van der Waals surface area contributed by atoms with Crippen LogP contribution in [0.2, 0.25) is 0 Å². The Bertz CT molecular complexity index is 582. The fraction of sp³-hybridized carbons (Fsp3) is 0.857. The van der Waals surface area contributed by atoms with Crippen molar-refractivity contribution in [2.45, 2.75) is 83.5 Å². The zero-order chi connectivity index (χ0) is 16.5. The number of rotatable bonds is 2. The third kappa shape index (κ3) is 2.09. The van der Waals surface area contributed by atoms with Gasteiger partial charge in [0.15, 0.2) is 0 Å². The lowest BCUT2D eigenvalue weighted by Crippen LogP contribution is -2.59. The molecule has 0 bridgehead atoms. The molecule has 7 atom stereocenters. The second-order valence-electron chi connectivity index (χ2n) is 9.66. The molecule has 1 amide bonds. The second kappa shape index (κ2) is 5.09. The normalized spacial score (nSPS) is 53.1. The average molecular weight is 329 g/mol. The molecule has 4 fully saturated rings. The molecule has 5 unspecified atom stereocenters. The van der Waals surface area contributed by atoms with E-state index in [1.807, 2.05) is 0 Å². The Kier molecular flexibility index (Phi) is 3.27. The van der Waals surface area contributed by atoms with Crippen LogP contribution >= 0.6 is 0 Å². The van der Waals surface area contributed by atoms with Gasteiger partial charge in [0.25, 0.3) is 0 Å². The molecule has 4 aliphatic carbocycles. The van der Waals surface area contributed by atoms with Crippen LogP contribution in [0.15, 0.2) is 12.2 Å². The van der Waals surface area contributed by atoms with Gasteiger partial charge in [-0.25, -0.2) is 0 Å². The van der Waals surface area contributed by atoms with E-state index in [2.05, 4.69) is 25.2 Å². The topological polar surface area (TPSA) is 38.3 Å². The van der Waals surface area contributed by atoms with Crippen LogP contribution < -0.4 is 5.32 Å². The van der Waals surface area contributed by atoms with E-state index >= 15 is 0 Å². The van der Waals surface area contributed by atoms with E-state index in [0.717, 1.165) is 24.2 Å². The van der Waals surface area contributed by atoms with Crippen molar-refractivity contribution in [3.63, 3.8) is 0 Å². The summed E-state index contributed by atoms with van der Waals surface area (Å²) < 4.78 is 6.45. The molecule has 1 aliphatic heterocycles. The van der Waals surface area contributed by atoms with Gasteiger partial charge in [-0.05, 0) is 80.6 Å². The highest BCUT2D eigenvalue weighted by Crippen LogP contribution is 2.64. The van der Waals surface area contributed by atoms with Crippen molar-refractivity contribution < 1.29 is 9.53 Å². The van der Waals surface area contributed by atoms with Gasteiger partial charge in [-0.3, -0.25) is 4.79 Å².